The second-order valence-corrected chi connectivity index (χ2v) is 7.96. The van der Waals surface area contributed by atoms with Gasteiger partial charge < -0.3 is 5.32 Å². The topological polar surface area (TPSA) is 81.3 Å². The molecular formula is C19H13BrFN5O2S. The van der Waals surface area contributed by atoms with Crippen LogP contribution >= 0.6 is 27.7 Å². The number of hydrogen-bond donors (Lipinski definition) is 1. The van der Waals surface area contributed by atoms with E-state index in [1.54, 1.807) is 36.4 Å². The van der Waals surface area contributed by atoms with Crippen LogP contribution in [0.1, 0.15) is 0 Å². The first-order valence-electron chi connectivity index (χ1n) is 8.42. The highest BCUT2D eigenvalue weighted by atomic mass is 79.9. The standard InChI is InChI=1S/C19H13BrFN5O2S/c20-12-4-6-14(7-5-12)23-16(27)11-26-19(28)25-9-8-22-18(17(25)24-26)29-15-3-1-2-13(21)10-15/h1-10H,11H2,(H,23,27). The van der Waals surface area contributed by atoms with E-state index in [0.29, 0.717) is 21.3 Å². The Morgan fingerprint density at radius 1 is 1.21 bits per heavy atom. The van der Waals surface area contributed by atoms with Gasteiger partial charge in [0.25, 0.3) is 0 Å². The van der Waals surface area contributed by atoms with Gasteiger partial charge in [0.1, 0.15) is 17.4 Å². The second-order valence-electron chi connectivity index (χ2n) is 5.98. The molecule has 0 atom stereocenters. The Bertz CT molecular complexity index is 1260. The van der Waals surface area contributed by atoms with Crippen LogP contribution in [0, 0.1) is 5.82 Å². The highest BCUT2D eigenvalue weighted by Gasteiger charge is 2.15. The van der Waals surface area contributed by atoms with Gasteiger partial charge >= 0.3 is 5.69 Å². The monoisotopic (exact) mass is 473 g/mol. The summed E-state index contributed by atoms with van der Waals surface area (Å²) in [5.74, 6) is -0.750. The van der Waals surface area contributed by atoms with Crippen molar-refractivity contribution < 1.29 is 9.18 Å². The normalized spacial score (nSPS) is 11.0. The SMILES string of the molecule is O=C(Cn1nc2c(Sc3cccc(F)c3)nccn2c1=O)Nc1ccc(Br)cc1. The minimum absolute atomic E-state index is 0.249. The fourth-order valence-electron chi connectivity index (χ4n) is 2.61. The lowest BCUT2D eigenvalue weighted by atomic mass is 10.3. The van der Waals surface area contributed by atoms with Gasteiger partial charge in [0.05, 0.1) is 0 Å². The first-order chi connectivity index (χ1) is 14.0. The van der Waals surface area contributed by atoms with Crippen LogP contribution in [0.15, 0.2) is 80.1 Å². The minimum Gasteiger partial charge on any atom is -0.324 e. The molecule has 146 valence electrons. The Morgan fingerprint density at radius 2 is 2.00 bits per heavy atom. The molecule has 1 N–H and O–H groups in total. The smallest absolute Gasteiger partial charge is 0.324 e. The number of rotatable bonds is 5. The summed E-state index contributed by atoms with van der Waals surface area (Å²) in [6.45, 7) is -0.249. The summed E-state index contributed by atoms with van der Waals surface area (Å²) in [6.07, 6.45) is 2.94. The summed E-state index contributed by atoms with van der Waals surface area (Å²) in [4.78, 5) is 29.8. The number of aromatic nitrogens is 4. The molecule has 2 aromatic heterocycles. The van der Waals surface area contributed by atoms with Gasteiger partial charge in [-0.15, -0.1) is 5.10 Å². The van der Waals surface area contributed by atoms with Crippen LogP contribution in [0.25, 0.3) is 5.65 Å². The van der Waals surface area contributed by atoms with Crippen LogP contribution in [0.3, 0.4) is 0 Å². The number of anilines is 1. The highest BCUT2D eigenvalue weighted by Crippen LogP contribution is 2.28. The lowest BCUT2D eigenvalue weighted by molar-refractivity contribution is -0.117. The fourth-order valence-corrected chi connectivity index (χ4v) is 3.76. The maximum atomic E-state index is 13.4. The van der Waals surface area contributed by atoms with Gasteiger partial charge in [0, 0.05) is 27.4 Å². The third-order valence-electron chi connectivity index (χ3n) is 3.90. The van der Waals surface area contributed by atoms with Gasteiger partial charge in [-0.25, -0.2) is 23.3 Å². The van der Waals surface area contributed by atoms with Crippen molar-refractivity contribution in [3.05, 3.63) is 81.7 Å². The van der Waals surface area contributed by atoms with Gasteiger partial charge in [-0.2, -0.15) is 0 Å². The molecule has 0 saturated heterocycles. The third kappa shape index (κ3) is 4.38. The summed E-state index contributed by atoms with van der Waals surface area (Å²) >= 11 is 4.51. The Balaban J connectivity index is 1.59. The molecule has 4 rings (SSSR count). The molecule has 0 aliphatic carbocycles. The Kier molecular flexibility index (Phi) is 5.45. The number of fused-ring (bicyclic) bond motifs is 1. The van der Waals surface area contributed by atoms with Crippen LogP contribution in [-0.2, 0) is 11.3 Å². The summed E-state index contributed by atoms with van der Waals surface area (Å²) in [5.41, 5.74) is 0.441. The van der Waals surface area contributed by atoms with Crippen molar-refractivity contribution in [3.63, 3.8) is 0 Å². The molecule has 2 heterocycles. The van der Waals surface area contributed by atoms with Crippen molar-refractivity contribution >= 4 is 44.9 Å². The molecular weight excluding hydrogens is 461 g/mol. The van der Waals surface area contributed by atoms with E-state index in [0.717, 1.165) is 9.15 Å². The minimum atomic E-state index is -0.463. The Labute approximate surface area is 176 Å². The number of hydrogen-bond acceptors (Lipinski definition) is 5. The van der Waals surface area contributed by atoms with E-state index in [-0.39, 0.29) is 18.3 Å². The van der Waals surface area contributed by atoms with Crippen molar-refractivity contribution in [2.24, 2.45) is 0 Å². The van der Waals surface area contributed by atoms with Gasteiger partial charge in [0.2, 0.25) is 5.91 Å². The van der Waals surface area contributed by atoms with Crippen LogP contribution in [0.5, 0.6) is 0 Å². The van der Waals surface area contributed by atoms with E-state index >= 15 is 0 Å². The molecule has 7 nitrogen and oxygen atoms in total. The van der Waals surface area contributed by atoms with Crippen molar-refractivity contribution in [3.8, 4) is 0 Å². The Hall–Kier alpha value is -2.98. The number of nitrogens with zero attached hydrogens (tertiary/aromatic N) is 4. The molecule has 29 heavy (non-hydrogen) atoms. The van der Waals surface area contributed by atoms with Crippen LogP contribution < -0.4 is 11.0 Å². The molecule has 10 heteroatoms. The molecule has 0 radical (unpaired) electrons. The summed E-state index contributed by atoms with van der Waals surface area (Å²) < 4.78 is 16.7. The van der Waals surface area contributed by atoms with Gasteiger partial charge in [0.15, 0.2) is 5.65 Å². The maximum absolute atomic E-state index is 13.4. The summed E-state index contributed by atoms with van der Waals surface area (Å²) in [5, 5.41) is 7.40. The lowest BCUT2D eigenvalue weighted by Crippen LogP contribution is -2.28. The van der Waals surface area contributed by atoms with E-state index in [1.807, 2.05) is 0 Å². The van der Waals surface area contributed by atoms with Gasteiger partial charge in [-0.1, -0.05) is 33.8 Å². The number of carbonyl (C=O) groups is 1. The van der Waals surface area contributed by atoms with E-state index in [9.17, 15) is 14.0 Å². The predicted octanol–water partition coefficient (Wildman–Crippen LogP) is 3.58. The van der Waals surface area contributed by atoms with Crippen molar-refractivity contribution in [2.45, 2.75) is 16.5 Å². The second kappa shape index (κ2) is 8.18. The molecule has 0 spiro atoms. The third-order valence-corrected chi connectivity index (χ3v) is 5.40. The van der Waals surface area contributed by atoms with Crippen molar-refractivity contribution in [1.82, 2.24) is 19.2 Å². The molecule has 0 saturated carbocycles. The summed E-state index contributed by atoms with van der Waals surface area (Å²) in [7, 11) is 0. The van der Waals surface area contributed by atoms with Gasteiger partial charge in [-0.05, 0) is 42.5 Å². The van der Waals surface area contributed by atoms with E-state index < -0.39 is 5.69 Å². The summed E-state index contributed by atoms with van der Waals surface area (Å²) in [6, 6.07) is 13.1. The molecule has 0 fully saturated rings. The first-order valence-corrected chi connectivity index (χ1v) is 10.0. The van der Waals surface area contributed by atoms with E-state index in [2.05, 4.69) is 31.3 Å². The zero-order chi connectivity index (χ0) is 20.4. The zero-order valence-corrected chi connectivity index (χ0v) is 17.2. The largest absolute Gasteiger partial charge is 0.350 e. The number of nitrogens with one attached hydrogen (secondary N) is 1. The van der Waals surface area contributed by atoms with Crippen LogP contribution in [0.2, 0.25) is 0 Å². The number of amides is 1. The van der Waals surface area contributed by atoms with E-state index in [4.69, 9.17) is 0 Å². The molecule has 1 amide bonds. The number of benzene rings is 2. The van der Waals surface area contributed by atoms with E-state index in [1.165, 1.54) is 40.7 Å². The molecule has 2 aromatic carbocycles. The van der Waals surface area contributed by atoms with Crippen LogP contribution in [0.4, 0.5) is 10.1 Å². The maximum Gasteiger partial charge on any atom is 0.350 e. The van der Waals surface area contributed by atoms with Gasteiger partial charge in [-0.3, -0.25) is 4.79 Å². The molecule has 0 unspecified atom stereocenters. The predicted molar refractivity (Wildman–Crippen MR) is 111 cm³/mol. The first kappa shape index (κ1) is 19.3. The Morgan fingerprint density at radius 3 is 2.76 bits per heavy atom. The number of carbonyl (C=O) groups excluding carboxylic acids is 1. The lowest BCUT2D eigenvalue weighted by Gasteiger charge is -2.04. The quantitative estimate of drug-likeness (QED) is 0.478. The molecule has 4 aromatic rings. The highest BCUT2D eigenvalue weighted by molar-refractivity contribution is 9.10. The van der Waals surface area contributed by atoms with Crippen molar-refractivity contribution in [1.29, 1.82) is 0 Å². The molecule has 0 aliphatic rings. The number of halogens is 2. The van der Waals surface area contributed by atoms with Crippen molar-refractivity contribution in [2.75, 3.05) is 5.32 Å². The molecule has 0 bridgehead atoms. The van der Waals surface area contributed by atoms with Crippen LogP contribution in [-0.4, -0.2) is 25.1 Å². The average molecular weight is 474 g/mol. The average Bonchev–Trinajstić information content (AvgIpc) is 3.00. The molecule has 0 aliphatic heterocycles. The zero-order valence-electron chi connectivity index (χ0n) is 14.8. The fraction of sp³-hybridized carbons (Fsp3) is 0.0526.